The monoisotopic (exact) mass is 227 g/mol. The molecule has 0 aromatic rings. The molecule has 0 radical (unpaired) electrons. The van der Waals surface area contributed by atoms with E-state index in [-0.39, 0.29) is 23.7 Å². The average Bonchev–Trinajstić information content (AvgIpc) is 2.15. The SMILES string of the molecule is O=C([O-])C1=CC=CN2CCS(=O)(=O)N=C12. The van der Waals surface area contributed by atoms with Gasteiger partial charge in [-0.25, -0.2) is 8.42 Å². The van der Waals surface area contributed by atoms with Gasteiger partial charge in [0.1, 0.15) is 0 Å². The third-order valence-electron chi connectivity index (χ3n) is 2.08. The van der Waals surface area contributed by atoms with Gasteiger partial charge in [-0.2, -0.15) is 0 Å². The minimum Gasteiger partial charge on any atom is -0.545 e. The zero-order valence-electron chi connectivity index (χ0n) is 7.58. The normalized spacial score (nSPS) is 22.8. The van der Waals surface area contributed by atoms with Crippen LogP contribution in [0.15, 0.2) is 28.3 Å². The minimum atomic E-state index is -3.54. The van der Waals surface area contributed by atoms with Crippen molar-refractivity contribution in [1.29, 1.82) is 0 Å². The van der Waals surface area contributed by atoms with Crippen LogP contribution in [0, 0.1) is 0 Å². The lowest BCUT2D eigenvalue weighted by molar-refractivity contribution is -0.298. The zero-order chi connectivity index (χ0) is 11.1. The molecule has 15 heavy (non-hydrogen) atoms. The Morgan fingerprint density at radius 1 is 1.53 bits per heavy atom. The van der Waals surface area contributed by atoms with E-state index in [1.54, 1.807) is 6.20 Å². The Bertz CT molecular complexity index is 501. The van der Waals surface area contributed by atoms with Crippen molar-refractivity contribution in [3.05, 3.63) is 23.9 Å². The highest BCUT2D eigenvalue weighted by molar-refractivity contribution is 7.90. The first-order valence-corrected chi connectivity index (χ1v) is 5.80. The zero-order valence-corrected chi connectivity index (χ0v) is 8.40. The fourth-order valence-electron chi connectivity index (χ4n) is 1.38. The van der Waals surface area contributed by atoms with Crippen molar-refractivity contribution >= 4 is 21.8 Å². The number of carbonyl (C=O) groups excluding carboxylic acids is 1. The molecule has 0 unspecified atom stereocenters. The van der Waals surface area contributed by atoms with Crippen molar-refractivity contribution in [1.82, 2.24) is 4.90 Å². The van der Waals surface area contributed by atoms with Gasteiger partial charge in [-0.05, 0) is 12.2 Å². The number of fused-ring (bicyclic) bond motifs is 1. The summed E-state index contributed by atoms with van der Waals surface area (Å²) in [5.41, 5.74) is -0.208. The maximum atomic E-state index is 11.2. The fraction of sp³-hybridized carbons (Fsp3) is 0.250. The van der Waals surface area contributed by atoms with Gasteiger partial charge >= 0.3 is 0 Å². The minimum absolute atomic E-state index is 0.0660. The van der Waals surface area contributed by atoms with Gasteiger partial charge in [-0.1, -0.05) is 0 Å². The van der Waals surface area contributed by atoms with Gasteiger partial charge in [0, 0.05) is 18.3 Å². The van der Waals surface area contributed by atoms with E-state index >= 15 is 0 Å². The number of nitrogens with zero attached hydrogens (tertiary/aromatic N) is 2. The predicted molar refractivity (Wildman–Crippen MR) is 50.2 cm³/mol. The molecular formula is C8H7N2O4S-. The number of hydrogen-bond donors (Lipinski definition) is 0. The Balaban J connectivity index is 2.52. The molecule has 0 atom stereocenters. The largest absolute Gasteiger partial charge is 0.545 e. The van der Waals surface area contributed by atoms with E-state index in [1.807, 2.05) is 0 Å². The van der Waals surface area contributed by atoms with Gasteiger partial charge in [0.25, 0.3) is 10.0 Å². The van der Waals surface area contributed by atoms with Crippen molar-refractivity contribution in [2.24, 2.45) is 4.40 Å². The topological polar surface area (TPSA) is 89.9 Å². The van der Waals surface area contributed by atoms with Crippen LogP contribution in [-0.2, 0) is 14.8 Å². The number of hydrogen-bond acceptors (Lipinski definition) is 5. The smallest absolute Gasteiger partial charge is 0.256 e. The summed E-state index contributed by atoms with van der Waals surface area (Å²) in [6.45, 7) is 0.211. The molecule has 2 aliphatic heterocycles. The van der Waals surface area contributed by atoms with Gasteiger partial charge in [0.2, 0.25) is 0 Å². The number of rotatable bonds is 1. The van der Waals surface area contributed by atoms with Crippen LogP contribution in [0.25, 0.3) is 0 Å². The first-order chi connectivity index (χ1) is 6.99. The van der Waals surface area contributed by atoms with E-state index in [4.69, 9.17) is 0 Å². The van der Waals surface area contributed by atoms with Gasteiger partial charge in [0.15, 0.2) is 5.84 Å². The van der Waals surface area contributed by atoms with Gasteiger partial charge in [-0.15, -0.1) is 4.40 Å². The van der Waals surface area contributed by atoms with E-state index < -0.39 is 16.0 Å². The molecule has 0 fully saturated rings. The fourth-order valence-corrected chi connectivity index (χ4v) is 2.36. The molecule has 0 aromatic carbocycles. The van der Waals surface area contributed by atoms with Crippen molar-refractivity contribution in [3.8, 4) is 0 Å². The second kappa shape index (κ2) is 3.20. The van der Waals surface area contributed by atoms with Crippen LogP contribution >= 0.6 is 0 Å². The van der Waals surface area contributed by atoms with Crippen LogP contribution in [0.1, 0.15) is 0 Å². The maximum absolute atomic E-state index is 11.2. The summed E-state index contributed by atoms with van der Waals surface area (Å²) < 4.78 is 25.8. The van der Waals surface area contributed by atoms with Crippen LogP contribution in [0.4, 0.5) is 0 Å². The van der Waals surface area contributed by atoms with E-state index in [0.717, 1.165) is 0 Å². The molecule has 2 rings (SSSR count). The quantitative estimate of drug-likeness (QED) is 0.529. The average molecular weight is 227 g/mol. The Kier molecular flexibility index (Phi) is 2.11. The van der Waals surface area contributed by atoms with Crippen LogP contribution in [0.3, 0.4) is 0 Å². The number of allylic oxidation sites excluding steroid dienone is 2. The number of carboxylic acids is 1. The van der Waals surface area contributed by atoms with E-state index in [2.05, 4.69) is 4.40 Å². The molecule has 2 aliphatic rings. The summed E-state index contributed by atoms with van der Waals surface area (Å²) in [6, 6.07) is 0. The molecule has 80 valence electrons. The number of aliphatic carboxylic acids is 1. The van der Waals surface area contributed by atoms with Crippen LogP contribution in [-0.4, -0.2) is 37.4 Å². The van der Waals surface area contributed by atoms with Crippen LogP contribution in [0.5, 0.6) is 0 Å². The second-order valence-electron chi connectivity index (χ2n) is 3.10. The number of sulfonamides is 1. The third kappa shape index (κ3) is 1.78. The van der Waals surface area contributed by atoms with Crippen molar-refractivity contribution in [2.45, 2.75) is 0 Å². The van der Waals surface area contributed by atoms with E-state index in [1.165, 1.54) is 17.1 Å². The van der Waals surface area contributed by atoms with E-state index in [9.17, 15) is 18.3 Å². The lowest BCUT2D eigenvalue weighted by Gasteiger charge is -2.29. The van der Waals surface area contributed by atoms with Gasteiger partial charge < -0.3 is 14.8 Å². The Labute approximate surface area is 86.3 Å². The Morgan fingerprint density at radius 3 is 2.93 bits per heavy atom. The summed E-state index contributed by atoms with van der Waals surface area (Å²) in [5.74, 6) is -1.61. The highest BCUT2D eigenvalue weighted by Crippen LogP contribution is 2.16. The number of carbonyl (C=O) groups is 1. The summed E-state index contributed by atoms with van der Waals surface area (Å²) in [7, 11) is -3.54. The van der Waals surface area contributed by atoms with E-state index in [0.29, 0.717) is 0 Å². The van der Waals surface area contributed by atoms with Crippen molar-refractivity contribution in [3.63, 3.8) is 0 Å². The molecular weight excluding hydrogens is 220 g/mol. The molecule has 0 saturated carbocycles. The number of carboxylic acid groups (broad SMARTS) is 1. The van der Waals surface area contributed by atoms with Crippen LogP contribution in [0.2, 0.25) is 0 Å². The molecule has 0 bridgehead atoms. The first-order valence-electron chi connectivity index (χ1n) is 4.19. The second-order valence-corrected chi connectivity index (χ2v) is 4.86. The molecule has 0 aromatic heterocycles. The Morgan fingerprint density at radius 2 is 2.27 bits per heavy atom. The molecule has 6 nitrogen and oxygen atoms in total. The highest BCUT2D eigenvalue weighted by Gasteiger charge is 2.26. The molecule has 0 amide bonds. The predicted octanol–water partition coefficient (Wildman–Crippen LogP) is -1.77. The molecule has 0 saturated heterocycles. The molecule has 2 heterocycles. The van der Waals surface area contributed by atoms with Gasteiger partial charge in [0.05, 0.1) is 11.7 Å². The maximum Gasteiger partial charge on any atom is 0.256 e. The van der Waals surface area contributed by atoms with Gasteiger partial charge in [-0.3, -0.25) is 0 Å². The molecule has 0 aliphatic carbocycles. The first kappa shape index (κ1) is 9.91. The van der Waals surface area contributed by atoms with Crippen molar-refractivity contribution in [2.75, 3.05) is 12.3 Å². The highest BCUT2D eigenvalue weighted by atomic mass is 32.2. The standard InChI is InChI=1S/C8H8N2O4S/c11-8(12)6-2-1-3-10-4-5-15(13,14)9-7(6)10/h1-3H,4-5H2,(H,11,12)/p-1. The van der Waals surface area contributed by atoms with Crippen molar-refractivity contribution < 1.29 is 18.3 Å². The summed E-state index contributed by atoms with van der Waals surface area (Å²) >= 11 is 0. The third-order valence-corrected chi connectivity index (χ3v) is 3.23. The summed E-state index contributed by atoms with van der Waals surface area (Å²) in [5, 5.41) is 10.7. The molecule has 0 N–H and O–H groups in total. The number of amidine groups is 1. The lowest BCUT2D eigenvalue weighted by Crippen LogP contribution is -2.42. The molecule has 7 heteroatoms. The lowest BCUT2D eigenvalue weighted by atomic mass is 10.1. The summed E-state index contributed by atoms with van der Waals surface area (Å²) in [4.78, 5) is 12.2. The van der Waals surface area contributed by atoms with Crippen LogP contribution < -0.4 is 5.11 Å². The molecule has 0 spiro atoms. The summed E-state index contributed by atoms with van der Waals surface area (Å²) in [6.07, 6.45) is 4.37. The Hall–Kier alpha value is -1.63.